The number of pyridine rings is 1. The van der Waals surface area contributed by atoms with Crippen molar-refractivity contribution in [3.05, 3.63) is 28.8 Å². The molecule has 0 unspecified atom stereocenters. The smallest absolute Gasteiger partial charge is 0.249 e. The molecule has 0 atom stereocenters. The molecule has 0 spiro atoms. The number of nitrogens with zero attached hydrogens (tertiary/aromatic N) is 2. The number of rotatable bonds is 2. The molecule has 0 aromatic carbocycles. The van der Waals surface area contributed by atoms with E-state index in [2.05, 4.69) is 4.98 Å². The second-order valence-electron chi connectivity index (χ2n) is 2.74. The van der Waals surface area contributed by atoms with Crippen molar-refractivity contribution in [3.8, 4) is 6.07 Å². The van der Waals surface area contributed by atoms with Gasteiger partial charge in [-0.3, -0.25) is 0 Å². The first-order valence-corrected chi connectivity index (χ1v) is 3.87. The first-order valence-electron chi connectivity index (χ1n) is 3.87. The summed E-state index contributed by atoms with van der Waals surface area (Å²) in [6, 6.07) is 2.74. The molecule has 0 N–H and O–H groups in total. The number of halogens is 3. The Morgan fingerprint density at radius 2 is 2.21 bits per heavy atom. The summed E-state index contributed by atoms with van der Waals surface area (Å²) in [4.78, 5) is 3.41. The summed E-state index contributed by atoms with van der Waals surface area (Å²) >= 11 is 0. The standard InChI is InChI=1S/C9H7F3N2/c1-5-6(2-3-13)4-7(10)8(14-5)9(11)12/h4,9H,2H2,1H3. The fourth-order valence-electron chi connectivity index (χ4n) is 1.05. The highest BCUT2D eigenvalue weighted by Crippen LogP contribution is 2.21. The van der Waals surface area contributed by atoms with E-state index in [0.29, 0.717) is 5.56 Å². The summed E-state index contributed by atoms with van der Waals surface area (Å²) in [5, 5.41) is 8.37. The zero-order valence-electron chi connectivity index (χ0n) is 7.39. The van der Waals surface area contributed by atoms with Crippen LogP contribution in [0.15, 0.2) is 6.07 Å². The van der Waals surface area contributed by atoms with Gasteiger partial charge in [0, 0.05) is 5.69 Å². The molecule has 74 valence electrons. The van der Waals surface area contributed by atoms with Crippen LogP contribution in [0.1, 0.15) is 23.4 Å². The minimum atomic E-state index is -2.93. The Morgan fingerprint density at radius 3 is 2.71 bits per heavy atom. The van der Waals surface area contributed by atoms with Crippen molar-refractivity contribution in [2.24, 2.45) is 0 Å². The first kappa shape index (κ1) is 10.5. The van der Waals surface area contributed by atoms with Gasteiger partial charge in [-0.25, -0.2) is 18.2 Å². The Balaban J connectivity index is 3.18. The number of alkyl halides is 2. The van der Waals surface area contributed by atoms with Gasteiger partial charge in [0.05, 0.1) is 12.5 Å². The predicted molar refractivity (Wildman–Crippen MR) is 43.2 cm³/mol. The molecule has 0 fully saturated rings. The second kappa shape index (κ2) is 4.09. The molecule has 0 saturated heterocycles. The second-order valence-corrected chi connectivity index (χ2v) is 2.74. The molecule has 0 aliphatic carbocycles. The minimum Gasteiger partial charge on any atom is -0.249 e. The number of nitriles is 1. The van der Waals surface area contributed by atoms with Gasteiger partial charge in [-0.1, -0.05) is 0 Å². The molecule has 14 heavy (non-hydrogen) atoms. The zero-order chi connectivity index (χ0) is 10.7. The molecule has 0 saturated carbocycles. The third-order valence-electron chi connectivity index (χ3n) is 1.77. The van der Waals surface area contributed by atoms with Crippen molar-refractivity contribution < 1.29 is 13.2 Å². The molecular weight excluding hydrogens is 193 g/mol. The largest absolute Gasteiger partial charge is 0.283 e. The minimum absolute atomic E-state index is 0.0285. The van der Waals surface area contributed by atoms with Crippen LogP contribution >= 0.6 is 0 Å². The summed E-state index contributed by atoms with van der Waals surface area (Å²) in [5.41, 5.74) is -0.248. The lowest BCUT2D eigenvalue weighted by atomic mass is 10.1. The molecule has 2 nitrogen and oxygen atoms in total. The van der Waals surface area contributed by atoms with Crippen LogP contribution in [0.5, 0.6) is 0 Å². The van der Waals surface area contributed by atoms with Crippen LogP contribution in [0.2, 0.25) is 0 Å². The van der Waals surface area contributed by atoms with Crippen molar-refractivity contribution in [1.29, 1.82) is 5.26 Å². The summed E-state index contributed by atoms with van der Waals surface area (Å²) in [5.74, 6) is -1.06. The van der Waals surface area contributed by atoms with Gasteiger partial charge in [-0.15, -0.1) is 0 Å². The van der Waals surface area contributed by atoms with Crippen LogP contribution in [-0.4, -0.2) is 4.98 Å². The summed E-state index contributed by atoms with van der Waals surface area (Å²) < 4.78 is 37.3. The molecule has 1 heterocycles. The van der Waals surface area contributed by atoms with Crippen molar-refractivity contribution in [3.63, 3.8) is 0 Å². The van der Waals surface area contributed by atoms with E-state index < -0.39 is 17.9 Å². The molecule has 5 heteroatoms. The van der Waals surface area contributed by atoms with E-state index in [-0.39, 0.29) is 12.1 Å². The molecule has 0 aliphatic heterocycles. The summed E-state index contributed by atoms with van der Waals surface area (Å²) in [6.45, 7) is 1.47. The van der Waals surface area contributed by atoms with Crippen LogP contribution in [-0.2, 0) is 6.42 Å². The van der Waals surface area contributed by atoms with Gasteiger partial charge < -0.3 is 0 Å². The van der Waals surface area contributed by atoms with E-state index in [0.717, 1.165) is 6.07 Å². The SMILES string of the molecule is Cc1nc(C(F)F)c(F)cc1CC#N. The van der Waals surface area contributed by atoms with Crippen LogP contribution in [0.25, 0.3) is 0 Å². The van der Waals surface area contributed by atoms with Gasteiger partial charge in [-0.05, 0) is 18.6 Å². The third-order valence-corrected chi connectivity index (χ3v) is 1.77. The van der Waals surface area contributed by atoms with Crippen molar-refractivity contribution >= 4 is 0 Å². The lowest BCUT2D eigenvalue weighted by Gasteiger charge is -2.05. The number of hydrogen-bond donors (Lipinski definition) is 0. The van der Waals surface area contributed by atoms with E-state index in [1.165, 1.54) is 6.92 Å². The van der Waals surface area contributed by atoms with E-state index in [1.54, 1.807) is 6.07 Å². The Bertz CT molecular complexity index is 382. The Morgan fingerprint density at radius 1 is 1.57 bits per heavy atom. The quantitative estimate of drug-likeness (QED) is 0.735. The maximum atomic E-state index is 13.0. The van der Waals surface area contributed by atoms with E-state index in [4.69, 9.17) is 5.26 Å². The Labute approximate surface area is 79.0 Å². The molecule has 1 rings (SSSR count). The van der Waals surface area contributed by atoms with Crippen molar-refractivity contribution in [2.75, 3.05) is 0 Å². The van der Waals surface area contributed by atoms with E-state index >= 15 is 0 Å². The Kier molecular flexibility index (Phi) is 3.07. The van der Waals surface area contributed by atoms with Crippen LogP contribution in [0.3, 0.4) is 0 Å². The van der Waals surface area contributed by atoms with Gasteiger partial charge in [-0.2, -0.15) is 5.26 Å². The summed E-state index contributed by atoms with van der Waals surface area (Å²) in [7, 11) is 0. The molecule has 0 radical (unpaired) electrons. The fourth-order valence-corrected chi connectivity index (χ4v) is 1.05. The van der Waals surface area contributed by atoms with E-state index in [1.807, 2.05) is 0 Å². The molecule has 0 amide bonds. The first-order chi connectivity index (χ1) is 6.56. The maximum absolute atomic E-state index is 13.0. The molecule has 1 aromatic rings. The topological polar surface area (TPSA) is 36.7 Å². The van der Waals surface area contributed by atoms with Crippen LogP contribution in [0.4, 0.5) is 13.2 Å². The highest BCUT2D eigenvalue weighted by Gasteiger charge is 2.17. The van der Waals surface area contributed by atoms with Gasteiger partial charge in [0.1, 0.15) is 5.69 Å². The maximum Gasteiger partial charge on any atom is 0.283 e. The van der Waals surface area contributed by atoms with Crippen LogP contribution < -0.4 is 0 Å². The van der Waals surface area contributed by atoms with Crippen LogP contribution in [0, 0.1) is 24.1 Å². The normalized spacial score (nSPS) is 10.3. The average molecular weight is 200 g/mol. The van der Waals surface area contributed by atoms with Crippen molar-refractivity contribution in [1.82, 2.24) is 4.98 Å². The molecule has 1 aromatic heterocycles. The highest BCUT2D eigenvalue weighted by atomic mass is 19.3. The zero-order valence-corrected chi connectivity index (χ0v) is 7.39. The monoisotopic (exact) mass is 200 g/mol. The fraction of sp³-hybridized carbons (Fsp3) is 0.333. The number of aryl methyl sites for hydroxylation is 1. The van der Waals surface area contributed by atoms with Gasteiger partial charge in [0.25, 0.3) is 6.43 Å². The highest BCUT2D eigenvalue weighted by molar-refractivity contribution is 5.26. The predicted octanol–water partition coefficient (Wildman–Crippen LogP) is 2.53. The van der Waals surface area contributed by atoms with Gasteiger partial charge >= 0.3 is 0 Å². The van der Waals surface area contributed by atoms with Gasteiger partial charge in [0.2, 0.25) is 0 Å². The molecule has 0 aliphatic rings. The number of hydrogen-bond acceptors (Lipinski definition) is 2. The average Bonchev–Trinajstić information content (AvgIpc) is 2.10. The lowest BCUT2D eigenvalue weighted by molar-refractivity contribution is 0.140. The number of aromatic nitrogens is 1. The lowest BCUT2D eigenvalue weighted by Crippen LogP contribution is -2.01. The van der Waals surface area contributed by atoms with Gasteiger partial charge in [0.15, 0.2) is 5.82 Å². The molecule has 0 bridgehead atoms. The Hall–Kier alpha value is -1.57. The van der Waals surface area contributed by atoms with Crippen molar-refractivity contribution in [2.45, 2.75) is 19.8 Å². The summed E-state index contributed by atoms with van der Waals surface area (Å²) in [6.07, 6.45) is -2.95. The third kappa shape index (κ3) is 2.02. The van der Waals surface area contributed by atoms with E-state index in [9.17, 15) is 13.2 Å². The molecular formula is C9H7F3N2.